The van der Waals surface area contributed by atoms with Gasteiger partial charge in [0.15, 0.2) is 5.13 Å². The highest BCUT2D eigenvalue weighted by molar-refractivity contribution is 7.14. The molecule has 29 heavy (non-hydrogen) atoms. The molecule has 0 radical (unpaired) electrons. The highest BCUT2D eigenvalue weighted by Gasteiger charge is 2.34. The smallest absolute Gasteiger partial charge is 0.410 e. The maximum absolute atomic E-state index is 12.2. The molecule has 8 heteroatoms. The molecule has 7 nitrogen and oxygen atoms in total. The Labute approximate surface area is 178 Å². The summed E-state index contributed by atoms with van der Waals surface area (Å²) in [5, 5.41) is 2.90. The number of thiazole rings is 1. The Morgan fingerprint density at radius 2 is 2.03 bits per heavy atom. The number of piperidine rings is 1. The van der Waals surface area contributed by atoms with E-state index in [1.807, 2.05) is 32.7 Å². The van der Waals surface area contributed by atoms with Gasteiger partial charge < -0.3 is 9.64 Å². The lowest BCUT2D eigenvalue weighted by Gasteiger charge is -2.34. The van der Waals surface area contributed by atoms with E-state index in [1.54, 1.807) is 23.2 Å². The van der Waals surface area contributed by atoms with Crippen molar-refractivity contribution in [2.45, 2.75) is 71.6 Å². The zero-order valence-electron chi connectivity index (χ0n) is 18.3. The number of ether oxygens (including phenoxy) is 1. The molecule has 1 saturated carbocycles. The van der Waals surface area contributed by atoms with Gasteiger partial charge in [0.05, 0.1) is 5.69 Å². The summed E-state index contributed by atoms with van der Waals surface area (Å²) >= 11 is 1.56. The van der Waals surface area contributed by atoms with Crippen molar-refractivity contribution in [3.63, 3.8) is 0 Å². The standard InChI is InChI=1S/C21H34N4O3S/c1-15(26)25(18-8-9-18)19-22-17(14-29-19)13-24-10-6-7-16(12-24)11-23(5)20(27)28-21(2,3)4/h14,16,18H,6-13H2,1-5H3. The fraction of sp³-hybridized carbons (Fsp3) is 0.762. The van der Waals surface area contributed by atoms with Crippen LogP contribution in [0.3, 0.4) is 0 Å². The van der Waals surface area contributed by atoms with E-state index >= 15 is 0 Å². The van der Waals surface area contributed by atoms with Crippen LogP contribution >= 0.6 is 11.3 Å². The lowest BCUT2D eigenvalue weighted by Crippen LogP contribution is -2.42. The largest absolute Gasteiger partial charge is 0.444 e. The van der Waals surface area contributed by atoms with Crippen molar-refractivity contribution in [2.75, 3.05) is 31.6 Å². The number of rotatable bonds is 6. The van der Waals surface area contributed by atoms with Crippen molar-refractivity contribution in [1.82, 2.24) is 14.8 Å². The monoisotopic (exact) mass is 422 g/mol. The molecule has 1 atom stereocenters. The van der Waals surface area contributed by atoms with Gasteiger partial charge in [-0.05, 0) is 58.9 Å². The molecule has 0 bridgehead atoms. The number of amides is 2. The minimum atomic E-state index is -0.472. The summed E-state index contributed by atoms with van der Waals surface area (Å²) in [4.78, 5) is 34.9. The second-order valence-corrected chi connectivity index (χ2v) is 10.2. The number of carbonyl (C=O) groups excluding carboxylic acids is 2. The molecular formula is C21H34N4O3S. The van der Waals surface area contributed by atoms with Crippen molar-refractivity contribution in [3.05, 3.63) is 11.1 Å². The fourth-order valence-corrected chi connectivity index (χ4v) is 4.76. The van der Waals surface area contributed by atoms with Crippen LogP contribution in [0.5, 0.6) is 0 Å². The Hall–Kier alpha value is -1.67. The molecular weight excluding hydrogens is 388 g/mol. The quantitative estimate of drug-likeness (QED) is 0.699. The van der Waals surface area contributed by atoms with Crippen LogP contribution in [0.1, 0.15) is 59.1 Å². The Kier molecular flexibility index (Phi) is 6.83. The first-order valence-electron chi connectivity index (χ1n) is 10.5. The minimum Gasteiger partial charge on any atom is -0.444 e. The molecule has 2 heterocycles. The lowest BCUT2D eigenvalue weighted by atomic mass is 9.97. The molecule has 0 N–H and O–H groups in total. The van der Waals surface area contributed by atoms with Crippen molar-refractivity contribution in [1.29, 1.82) is 0 Å². The van der Waals surface area contributed by atoms with Gasteiger partial charge in [0.2, 0.25) is 5.91 Å². The third-order valence-corrected chi connectivity index (χ3v) is 6.11. The van der Waals surface area contributed by atoms with E-state index in [0.717, 1.165) is 56.1 Å². The van der Waals surface area contributed by atoms with Crippen molar-refractivity contribution < 1.29 is 14.3 Å². The number of carbonyl (C=O) groups is 2. The maximum Gasteiger partial charge on any atom is 0.410 e. The Morgan fingerprint density at radius 3 is 2.66 bits per heavy atom. The molecule has 162 valence electrons. The zero-order valence-corrected chi connectivity index (χ0v) is 19.1. The number of likely N-dealkylation sites (tertiary alicyclic amines) is 1. The first-order chi connectivity index (χ1) is 13.6. The summed E-state index contributed by atoms with van der Waals surface area (Å²) in [6, 6.07) is 0.342. The molecule has 2 aliphatic rings. The van der Waals surface area contributed by atoms with Gasteiger partial charge in [-0.3, -0.25) is 14.6 Å². The summed E-state index contributed by atoms with van der Waals surface area (Å²) < 4.78 is 5.46. The molecule has 0 aromatic carbocycles. The Morgan fingerprint density at radius 1 is 1.31 bits per heavy atom. The Balaban J connectivity index is 1.52. The van der Waals surface area contributed by atoms with Crippen molar-refractivity contribution in [3.8, 4) is 0 Å². The molecule has 1 aromatic rings. The maximum atomic E-state index is 12.2. The van der Waals surface area contributed by atoms with Gasteiger partial charge >= 0.3 is 6.09 Å². The SMILES string of the molecule is CC(=O)N(c1nc(CN2CCCC(CN(C)C(=O)OC(C)(C)C)C2)cs1)C1CC1. The number of nitrogens with zero attached hydrogens (tertiary/aromatic N) is 4. The number of aromatic nitrogens is 1. The van der Waals surface area contributed by atoms with Gasteiger partial charge in [0.25, 0.3) is 0 Å². The topological polar surface area (TPSA) is 66.0 Å². The second-order valence-electron chi connectivity index (χ2n) is 9.35. The zero-order chi connectivity index (χ0) is 21.2. The number of hydrogen-bond donors (Lipinski definition) is 0. The van der Waals surface area contributed by atoms with Gasteiger partial charge in [0.1, 0.15) is 5.60 Å². The third kappa shape index (κ3) is 6.40. The third-order valence-electron chi connectivity index (χ3n) is 5.22. The van der Waals surface area contributed by atoms with Crippen molar-refractivity contribution >= 4 is 28.5 Å². The van der Waals surface area contributed by atoms with Crippen LogP contribution in [-0.2, 0) is 16.1 Å². The predicted octanol–water partition coefficient (Wildman–Crippen LogP) is 3.74. The van der Waals surface area contributed by atoms with E-state index in [0.29, 0.717) is 18.5 Å². The minimum absolute atomic E-state index is 0.0802. The summed E-state index contributed by atoms with van der Waals surface area (Å²) in [6.07, 6.45) is 4.13. The number of hydrogen-bond acceptors (Lipinski definition) is 6. The molecule has 1 saturated heterocycles. The molecule has 1 aliphatic carbocycles. The van der Waals surface area contributed by atoms with Crippen LogP contribution in [0.15, 0.2) is 5.38 Å². The van der Waals surface area contributed by atoms with E-state index in [9.17, 15) is 9.59 Å². The van der Waals surface area contributed by atoms with E-state index < -0.39 is 5.60 Å². The molecule has 2 amide bonds. The number of anilines is 1. The summed E-state index contributed by atoms with van der Waals surface area (Å²) in [5.74, 6) is 0.510. The van der Waals surface area contributed by atoms with Crippen LogP contribution in [0.2, 0.25) is 0 Å². The molecule has 1 aromatic heterocycles. The van der Waals surface area contributed by atoms with Gasteiger partial charge in [-0.2, -0.15) is 0 Å². The van der Waals surface area contributed by atoms with Crippen LogP contribution in [-0.4, -0.2) is 65.1 Å². The highest BCUT2D eigenvalue weighted by Crippen LogP contribution is 2.34. The first-order valence-corrected chi connectivity index (χ1v) is 11.4. The molecule has 3 rings (SSSR count). The Bertz CT molecular complexity index is 726. The average Bonchev–Trinajstić information content (AvgIpc) is 3.33. The molecule has 1 aliphatic heterocycles. The van der Waals surface area contributed by atoms with Gasteiger partial charge in [-0.15, -0.1) is 11.3 Å². The average molecular weight is 423 g/mol. The van der Waals surface area contributed by atoms with E-state index in [1.165, 1.54) is 0 Å². The highest BCUT2D eigenvalue weighted by atomic mass is 32.1. The summed E-state index contributed by atoms with van der Waals surface area (Å²) in [5.41, 5.74) is 0.554. The lowest BCUT2D eigenvalue weighted by molar-refractivity contribution is -0.116. The first kappa shape index (κ1) is 22.0. The predicted molar refractivity (Wildman–Crippen MR) is 115 cm³/mol. The van der Waals surface area contributed by atoms with Crippen LogP contribution in [0.25, 0.3) is 0 Å². The fourth-order valence-electron chi connectivity index (χ4n) is 3.83. The van der Waals surface area contributed by atoms with Gasteiger partial charge in [-0.1, -0.05) is 0 Å². The van der Waals surface area contributed by atoms with E-state index in [4.69, 9.17) is 9.72 Å². The van der Waals surface area contributed by atoms with Crippen LogP contribution < -0.4 is 4.90 Å². The summed E-state index contributed by atoms with van der Waals surface area (Å²) in [6.45, 7) is 10.8. The van der Waals surface area contributed by atoms with Gasteiger partial charge in [0, 0.05) is 45.0 Å². The normalized spacial score (nSPS) is 20.4. The molecule has 0 spiro atoms. The summed E-state index contributed by atoms with van der Waals surface area (Å²) in [7, 11) is 1.81. The van der Waals surface area contributed by atoms with E-state index in [2.05, 4.69) is 10.3 Å². The second kappa shape index (κ2) is 9.00. The van der Waals surface area contributed by atoms with Crippen LogP contribution in [0, 0.1) is 5.92 Å². The van der Waals surface area contributed by atoms with Crippen molar-refractivity contribution in [2.24, 2.45) is 5.92 Å². The molecule has 2 fully saturated rings. The van der Waals surface area contributed by atoms with E-state index in [-0.39, 0.29) is 12.0 Å². The molecule has 1 unspecified atom stereocenters. The van der Waals surface area contributed by atoms with Gasteiger partial charge in [-0.25, -0.2) is 9.78 Å². The van der Waals surface area contributed by atoms with Crippen LogP contribution in [0.4, 0.5) is 9.93 Å².